The molecule has 0 atom stereocenters. The monoisotopic (exact) mass is 686 g/mol. The van der Waals surface area contributed by atoms with Crippen molar-refractivity contribution in [2.75, 3.05) is 13.6 Å². The van der Waals surface area contributed by atoms with E-state index in [0.717, 1.165) is 0 Å². The summed E-state index contributed by atoms with van der Waals surface area (Å²) in [6, 6.07) is 22.4. The molecule has 0 spiro atoms. The Morgan fingerprint density at radius 2 is 0.816 bits per heavy atom. The molecule has 0 heterocycles. The van der Waals surface area contributed by atoms with Crippen LogP contribution in [0.5, 0.6) is 23.0 Å². The summed E-state index contributed by atoms with van der Waals surface area (Å²) in [5.41, 5.74) is 0.873. The van der Waals surface area contributed by atoms with Crippen molar-refractivity contribution in [3.63, 3.8) is 0 Å². The Hall–Kier alpha value is -6.21. The molecule has 0 unspecified atom stereocenters. The van der Waals surface area contributed by atoms with Crippen molar-refractivity contribution in [3.05, 3.63) is 132 Å². The van der Waals surface area contributed by atoms with Gasteiger partial charge in [-0.05, 0) is 111 Å². The number of benzene rings is 4. The lowest BCUT2D eigenvalue weighted by Crippen LogP contribution is -2.11. The Kier molecular flexibility index (Phi) is 11.7. The van der Waals surface area contributed by atoms with Crippen LogP contribution in [0, 0.1) is 0 Å². The maximum atomic E-state index is 13.2. The first-order valence-electron chi connectivity index (χ1n) is 14.3. The van der Waals surface area contributed by atoms with Gasteiger partial charge in [0.2, 0.25) is 23.4 Å². The third-order valence-electron chi connectivity index (χ3n) is 6.40. The fraction of sp³-hybridized carbons (Fsp3) is 0.111. The van der Waals surface area contributed by atoms with Crippen molar-refractivity contribution in [1.82, 2.24) is 0 Å². The van der Waals surface area contributed by atoms with Crippen LogP contribution < -0.4 is 18.9 Å². The zero-order valence-electron chi connectivity index (χ0n) is 26.4. The predicted molar refractivity (Wildman–Crippen MR) is 174 cm³/mol. The van der Waals surface area contributed by atoms with Crippen LogP contribution in [0.3, 0.4) is 0 Å². The van der Waals surface area contributed by atoms with Crippen LogP contribution in [0.4, 0.5) is 0 Å². The van der Waals surface area contributed by atoms with E-state index in [2.05, 4.69) is 13.2 Å². The van der Waals surface area contributed by atoms with E-state index in [0.29, 0.717) is 11.5 Å². The highest BCUT2D eigenvalue weighted by Gasteiger charge is 2.19. The first-order valence-corrected chi connectivity index (χ1v) is 15.8. The molecule has 0 saturated heterocycles. The lowest BCUT2D eigenvalue weighted by molar-refractivity contribution is -0.146. The topological polar surface area (TPSA) is 158 Å². The standard InChI is InChI=1S/C36H30O12S/c1-23(2)33(37)45-21-43-27-9-5-25(6-10-27)35(39)47-29-13-17-31(18-14-29)49(41,42)32-19-15-30(16-20-32)48-36(40)26-7-11-28(12-8-26)44-22-46-34(38)24(3)4/h5-20H,1,3,21-22H2,2,4H3. The normalized spacial score (nSPS) is 10.7. The van der Waals surface area contributed by atoms with E-state index < -0.39 is 33.7 Å². The fourth-order valence-electron chi connectivity index (χ4n) is 3.76. The van der Waals surface area contributed by atoms with Crippen LogP contribution in [0.1, 0.15) is 34.6 Å². The highest BCUT2D eigenvalue weighted by Crippen LogP contribution is 2.26. The second-order valence-corrected chi connectivity index (χ2v) is 12.2. The number of ether oxygens (including phenoxy) is 6. The number of hydrogen-bond acceptors (Lipinski definition) is 12. The summed E-state index contributed by atoms with van der Waals surface area (Å²) in [5, 5.41) is 0. The molecule has 0 radical (unpaired) electrons. The molecule has 13 heteroatoms. The van der Waals surface area contributed by atoms with Gasteiger partial charge in [-0.3, -0.25) is 0 Å². The summed E-state index contributed by atoms with van der Waals surface area (Å²) in [6.45, 7) is 9.31. The van der Waals surface area contributed by atoms with E-state index in [4.69, 9.17) is 28.4 Å². The van der Waals surface area contributed by atoms with Crippen molar-refractivity contribution < 1.29 is 56.0 Å². The third-order valence-corrected chi connectivity index (χ3v) is 8.18. The molecule has 12 nitrogen and oxygen atoms in total. The zero-order valence-corrected chi connectivity index (χ0v) is 27.2. The van der Waals surface area contributed by atoms with Gasteiger partial charge < -0.3 is 28.4 Å². The minimum Gasteiger partial charge on any atom is -0.457 e. The molecule has 0 aliphatic rings. The maximum Gasteiger partial charge on any atom is 0.343 e. The van der Waals surface area contributed by atoms with E-state index >= 15 is 0 Å². The van der Waals surface area contributed by atoms with E-state index in [1.807, 2.05) is 0 Å². The number of sulfone groups is 1. The van der Waals surface area contributed by atoms with Crippen LogP contribution in [-0.2, 0) is 28.9 Å². The van der Waals surface area contributed by atoms with Gasteiger partial charge in [-0.15, -0.1) is 0 Å². The molecule has 0 N–H and O–H groups in total. The number of hydrogen-bond donors (Lipinski definition) is 0. The molecule has 0 aliphatic heterocycles. The molecular formula is C36H30O12S. The van der Waals surface area contributed by atoms with Crippen molar-refractivity contribution in [2.24, 2.45) is 0 Å². The highest BCUT2D eigenvalue weighted by atomic mass is 32.2. The highest BCUT2D eigenvalue weighted by molar-refractivity contribution is 7.91. The van der Waals surface area contributed by atoms with Gasteiger partial charge in [-0.1, -0.05) is 13.2 Å². The third kappa shape index (κ3) is 9.89. The molecule has 0 saturated carbocycles. The van der Waals surface area contributed by atoms with Crippen LogP contribution in [0.25, 0.3) is 0 Å². The molecule has 0 amide bonds. The molecule has 0 aromatic heterocycles. The van der Waals surface area contributed by atoms with Crippen molar-refractivity contribution >= 4 is 33.7 Å². The van der Waals surface area contributed by atoms with Gasteiger partial charge in [0.25, 0.3) is 0 Å². The van der Waals surface area contributed by atoms with Gasteiger partial charge in [0.05, 0.1) is 20.9 Å². The average molecular weight is 687 g/mol. The van der Waals surface area contributed by atoms with Gasteiger partial charge in [-0.25, -0.2) is 27.6 Å². The quantitative estimate of drug-likeness (QED) is 0.0674. The Balaban J connectivity index is 1.29. The van der Waals surface area contributed by atoms with Gasteiger partial charge in [-0.2, -0.15) is 0 Å². The largest absolute Gasteiger partial charge is 0.457 e. The van der Waals surface area contributed by atoms with E-state index in [-0.39, 0.29) is 57.1 Å². The van der Waals surface area contributed by atoms with Crippen molar-refractivity contribution in [3.8, 4) is 23.0 Å². The minimum atomic E-state index is -3.96. The van der Waals surface area contributed by atoms with Crippen LogP contribution in [0.2, 0.25) is 0 Å². The Morgan fingerprint density at radius 3 is 1.12 bits per heavy atom. The second kappa shape index (κ2) is 16.1. The molecular weight excluding hydrogens is 656 g/mol. The van der Waals surface area contributed by atoms with Gasteiger partial charge in [0.1, 0.15) is 23.0 Å². The van der Waals surface area contributed by atoms with Gasteiger partial charge >= 0.3 is 23.9 Å². The summed E-state index contributed by atoms with van der Waals surface area (Å²) >= 11 is 0. The summed E-state index contributed by atoms with van der Waals surface area (Å²) in [5.74, 6) is -1.63. The van der Waals surface area contributed by atoms with E-state index in [1.165, 1.54) is 111 Å². The smallest absolute Gasteiger partial charge is 0.343 e. The molecule has 4 aromatic carbocycles. The molecule has 0 aliphatic carbocycles. The molecule has 49 heavy (non-hydrogen) atoms. The van der Waals surface area contributed by atoms with Crippen LogP contribution in [0.15, 0.2) is 131 Å². The van der Waals surface area contributed by atoms with Crippen LogP contribution >= 0.6 is 0 Å². The second-order valence-electron chi connectivity index (χ2n) is 10.2. The van der Waals surface area contributed by atoms with Crippen molar-refractivity contribution in [2.45, 2.75) is 23.6 Å². The molecule has 0 bridgehead atoms. The first-order chi connectivity index (χ1) is 23.3. The fourth-order valence-corrected chi connectivity index (χ4v) is 5.03. The molecule has 0 fully saturated rings. The van der Waals surface area contributed by atoms with E-state index in [1.54, 1.807) is 0 Å². The summed E-state index contributed by atoms with van der Waals surface area (Å²) in [4.78, 5) is 47.9. The van der Waals surface area contributed by atoms with Gasteiger partial charge in [0, 0.05) is 11.1 Å². The summed E-state index contributed by atoms with van der Waals surface area (Å²) in [6.07, 6.45) is 0. The number of carbonyl (C=O) groups is 4. The van der Waals surface area contributed by atoms with Gasteiger partial charge in [0.15, 0.2) is 0 Å². The Bertz CT molecular complexity index is 1820. The zero-order chi connectivity index (χ0) is 35.6. The minimum absolute atomic E-state index is 0.0532. The lowest BCUT2D eigenvalue weighted by atomic mass is 10.2. The first kappa shape index (κ1) is 35.6. The molecule has 4 rings (SSSR count). The van der Waals surface area contributed by atoms with Crippen molar-refractivity contribution in [1.29, 1.82) is 0 Å². The Labute approximate surface area is 282 Å². The summed E-state index contributed by atoms with van der Waals surface area (Å²) < 4.78 is 57.4. The lowest BCUT2D eigenvalue weighted by Gasteiger charge is -2.10. The number of carbonyl (C=O) groups excluding carboxylic acids is 4. The van der Waals surface area contributed by atoms with Crippen LogP contribution in [-0.4, -0.2) is 45.9 Å². The molecule has 252 valence electrons. The average Bonchev–Trinajstić information content (AvgIpc) is 3.09. The molecule has 4 aromatic rings. The number of rotatable bonds is 14. The maximum absolute atomic E-state index is 13.2. The SMILES string of the molecule is C=C(C)C(=O)OCOc1ccc(C(=O)Oc2ccc(S(=O)(=O)c3ccc(OC(=O)c4ccc(OCOC(=O)C(=C)C)cc4)cc3)cc2)cc1. The number of esters is 4. The van der Waals surface area contributed by atoms with E-state index in [9.17, 15) is 27.6 Å². The summed E-state index contributed by atoms with van der Waals surface area (Å²) in [7, 11) is -3.96. The Morgan fingerprint density at radius 1 is 0.510 bits per heavy atom. The predicted octanol–water partition coefficient (Wildman–Crippen LogP) is 5.87.